The van der Waals surface area contributed by atoms with Crippen LogP contribution in [0.5, 0.6) is 0 Å². The van der Waals surface area contributed by atoms with Crippen LogP contribution in [-0.4, -0.2) is 29.3 Å². The molecule has 0 atom stereocenters. The lowest BCUT2D eigenvalue weighted by Crippen LogP contribution is -2.34. The van der Waals surface area contributed by atoms with Gasteiger partial charge in [-0.2, -0.15) is 0 Å². The number of hydrogen-bond donors (Lipinski definition) is 2. The molecule has 1 rings (SSSR count). The average Bonchev–Trinajstić information content (AvgIpc) is 2.28. The molecule has 1 aromatic rings. The minimum absolute atomic E-state index is 0.0535. The lowest BCUT2D eigenvalue weighted by Gasteiger charge is -2.30. The quantitative estimate of drug-likeness (QED) is 0.777. The molecule has 18 heavy (non-hydrogen) atoms. The molecule has 0 unspecified atom stereocenters. The maximum Gasteiger partial charge on any atom is 0.135 e. The predicted molar refractivity (Wildman–Crippen MR) is 76.5 cm³/mol. The largest absolute Gasteiger partial charge is 0.396 e. The summed E-state index contributed by atoms with van der Waals surface area (Å²) in [4.78, 5) is 2.05. The van der Waals surface area contributed by atoms with Crippen molar-refractivity contribution in [1.29, 1.82) is 0 Å². The fraction of sp³-hybridized carbons (Fsp3) is 0.462. The minimum Gasteiger partial charge on any atom is -0.396 e. The van der Waals surface area contributed by atoms with Crippen molar-refractivity contribution in [2.75, 3.05) is 18.1 Å². The fourth-order valence-corrected chi connectivity index (χ4v) is 2.10. The molecular formula is C13H19FN2OS. The molecule has 0 heterocycles. The van der Waals surface area contributed by atoms with Crippen LogP contribution in [0.4, 0.5) is 10.1 Å². The zero-order valence-electron chi connectivity index (χ0n) is 10.7. The van der Waals surface area contributed by atoms with E-state index < -0.39 is 5.82 Å². The second-order valence-corrected chi connectivity index (χ2v) is 4.80. The Bertz CT molecular complexity index is 423. The predicted octanol–water partition coefficient (Wildman–Crippen LogP) is 2.06. The van der Waals surface area contributed by atoms with Crippen LogP contribution in [-0.2, 0) is 0 Å². The highest BCUT2D eigenvalue weighted by atomic mass is 32.1. The topological polar surface area (TPSA) is 49.5 Å². The Morgan fingerprint density at radius 1 is 1.50 bits per heavy atom. The second kappa shape index (κ2) is 6.66. The van der Waals surface area contributed by atoms with Gasteiger partial charge in [0, 0.05) is 19.2 Å². The van der Waals surface area contributed by atoms with Crippen molar-refractivity contribution >= 4 is 22.9 Å². The van der Waals surface area contributed by atoms with Gasteiger partial charge in [0.15, 0.2) is 0 Å². The molecule has 0 spiro atoms. The summed E-state index contributed by atoms with van der Waals surface area (Å²) in [6, 6.07) is 4.96. The number of nitrogens with zero attached hydrogens (tertiary/aromatic N) is 1. The van der Waals surface area contributed by atoms with Gasteiger partial charge in [-0.1, -0.05) is 18.3 Å². The highest BCUT2D eigenvalue weighted by Gasteiger charge is 2.18. The molecule has 0 amide bonds. The maximum absolute atomic E-state index is 13.8. The summed E-state index contributed by atoms with van der Waals surface area (Å²) in [5.41, 5.74) is 6.56. The van der Waals surface area contributed by atoms with E-state index in [0.717, 1.165) is 0 Å². The number of nitrogens with two attached hydrogens (primary N) is 1. The lowest BCUT2D eigenvalue weighted by molar-refractivity contribution is 0.288. The van der Waals surface area contributed by atoms with Gasteiger partial charge in [0.05, 0.1) is 11.3 Å². The Morgan fingerprint density at radius 2 is 2.17 bits per heavy atom. The SMILES string of the molecule is CC(C)N(CCCO)c1cccc(F)c1C(N)=S. The number of anilines is 1. The van der Waals surface area contributed by atoms with Crippen LogP contribution < -0.4 is 10.6 Å². The van der Waals surface area contributed by atoms with Gasteiger partial charge in [-0.25, -0.2) is 4.39 Å². The van der Waals surface area contributed by atoms with Crippen molar-refractivity contribution in [2.24, 2.45) is 5.73 Å². The van der Waals surface area contributed by atoms with E-state index in [-0.39, 0.29) is 23.2 Å². The highest BCUT2D eigenvalue weighted by molar-refractivity contribution is 7.80. The Kier molecular flexibility index (Phi) is 5.50. The van der Waals surface area contributed by atoms with Crippen molar-refractivity contribution in [3.63, 3.8) is 0 Å². The monoisotopic (exact) mass is 270 g/mol. The number of aliphatic hydroxyl groups is 1. The summed E-state index contributed by atoms with van der Waals surface area (Å²) in [6.45, 7) is 4.74. The Hall–Kier alpha value is -1.20. The maximum atomic E-state index is 13.8. The van der Waals surface area contributed by atoms with Crippen molar-refractivity contribution < 1.29 is 9.50 Å². The van der Waals surface area contributed by atoms with E-state index in [2.05, 4.69) is 0 Å². The van der Waals surface area contributed by atoms with Gasteiger partial charge in [-0.3, -0.25) is 0 Å². The summed E-state index contributed by atoms with van der Waals surface area (Å²) in [6.07, 6.45) is 0.617. The van der Waals surface area contributed by atoms with Crippen LogP contribution in [0, 0.1) is 5.82 Å². The summed E-state index contributed by atoms with van der Waals surface area (Å²) in [5, 5.41) is 8.93. The number of halogens is 1. The summed E-state index contributed by atoms with van der Waals surface area (Å²) < 4.78 is 13.8. The summed E-state index contributed by atoms with van der Waals surface area (Å²) in [5.74, 6) is -0.408. The van der Waals surface area contributed by atoms with Gasteiger partial charge in [0.2, 0.25) is 0 Å². The number of thiocarbonyl (C=S) groups is 1. The molecule has 0 fully saturated rings. The molecule has 100 valence electrons. The zero-order chi connectivity index (χ0) is 13.7. The first kappa shape index (κ1) is 14.9. The number of aliphatic hydroxyl groups excluding tert-OH is 1. The van der Waals surface area contributed by atoms with E-state index in [1.54, 1.807) is 12.1 Å². The Labute approximate surface area is 112 Å². The van der Waals surface area contributed by atoms with E-state index in [9.17, 15) is 4.39 Å². The first-order valence-electron chi connectivity index (χ1n) is 5.94. The molecule has 0 aliphatic rings. The van der Waals surface area contributed by atoms with Gasteiger partial charge in [0.25, 0.3) is 0 Å². The van der Waals surface area contributed by atoms with Gasteiger partial charge < -0.3 is 15.7 Å². The van der Waals surface area contributed by atoms with Gasteiger partial charge in [-0.15, -0.1) is 0 Å². The lowest BCUT2D eigenvalue weighted by atomic mass is 10.1. The second-order valence-electron chi connectivity index (χ2n) is 4.36. The highest BCUT2D eigenvalue weighted by Crippen LogP contribution is 2.25. The Morgan fingerprint density at radius 3 is 2.67 bits per heavy atom. The Balaban J connectivity index is 3.19. The van der Waals surface area contributed by atoms with E-state index >= 15 is 0 Å². The van der Waals surface area contributed by atoms with Crippen LogP contribution in [0.25, 0.3) is 0 Å². The van der Waals surface area contributed by atoms with Crippen LogP contribution >= 0.6 is 12.2 Å². The van der Waals surface area contributed by atoms with Crippen LogP contribution in [0.15, 0.2) is 18.2 Å². The zero-order valence-corrected chi connectivity index (χ0v) is 11.5. The normalized spacial score (nSPS) is 10.7. The molecular weight excluding hydrogens is 251 g/mol. The standard InChI is InChI=1S/C13H19FN2OS/c1-9(2)16(7-4-8-17)11-6-3-5-10(14)12(11)13(15)18/h3,5-6,9,17H,4,7-8H2,1-2H3,(H2,15,18). The molecule has 0 bridgehead atoms. The van der Waals surface area contributed by atoms with Crippen molar-refractivity contribution in [2.45, 2.75) is 26.3 Å². The summed E-state index contributed by atoms with van der Waals surface area (Å²) >= 11 is 4.92. The number of hydrogen-bond acceptors (Lipinski definition) is 3. The molecule has 0 aliphatic carbocycles. The van der Waals surface area contributed by atoms with E-state index in [0.29, 0.717) is 18.7 Å². The van der Waals surface area contributed by atoms with Crippen LogP contribution in [0.1, 0.15) is 25.8 Å². The van der Waals surface area contributed by atoms with Gasteiger partial charge in [0.1, 0.15) is 10.8 Å². The fourth-order valence-electron chi connectivity index (χ4n) is 1.89. The van der Waals surface area contributed by atoms with E-state index in [4.69, 9.17) is 23.1 Å². The third-order valence-electron chi connectivity index (χ3n) is 2.73. The first-order chi connectivity index (χ1) is 8.49. The van der Waals surface area contributed by atoms with Gasteiger partial charge in [-0.05, 0) is 32.4 Å². The van der Waals surface area contributed by atoms with E-state index in [1.165, 1.54) is 6.07 Å². The number of rotatable bonds is 6. The molecule has 1 aromatic carbocycles. The van der Waals surface area contributed by atoms with E-state index in [1.807, 2.05) is 18.7 Å². The van der Waals surface area contributed by atoms with Crippen molar-refractivity contribution in [3.05, 3.63) is 29.6 Å². The van der Waals surface area contributed by atoms with Gasteiger partial charge >= 0.3 is 0 Å². The van der Waals surface area contributed by atoms with Crippen molar-refractivity contribution in [1.82, 2.24) is 0 Å². The average molecular weight is 270 g/mol. The molecule has 0 saturated heterocycles. The third kappa shape index (κ3) is 3.40. The summed E-state index contributed by atoms with van der Waals surface area (Å²) in [7, 11) is 0. The molecule has 3 nitrogen and oxygen atoms in total. The molecule has 3 N–H and O–H groups in total. The molecule has 5 heteroatoms. The van der Waals surface area contributed by atoms with Crippen molar-refractivity contribution in [3.8, 4) is 0 Å². The molecule has 0 aromatic heterocycles. The molecule has 0 saturated carbocycles. The number of benzene rings is 1. The third-order valence-corrected chi connectivity index (χ3v) is 2.93. The first-order valence-corrected chi connectivity index (χ1v) is 6.35. The van der Waals surface area contributed by atoms with Crippen LogP contribution in [0.2, 0.25) is 0 Å². The molecule has 0 radical (unpaired) electrons. The van der Waals surface area contributed by atoms with Crippen LogP contribution in [0.3, 0.4) is 0 Å². The smallest absolute Gasteiger partial charge is 0.135 e. The minimum atomic E-state index is -0.408. The molecule has 0 aliphatic heterocycles.